The minimum Gasteiger partial charge on any atom is -0.381 e. The number of nitrogens with one attached hydrogen (secondary N) is 1. The van der Waals surface area contributed by atoms with Crippen molar-refractivity contribution in [2.24, 2.45) is 5.92 Å². The topological polar surface area (TPSA) is 56.2 Å². The number of rotatable bonds is 4. The van der Waals surface area contributed by atoms with Crippen molar-refractivity contribution in [2.45, 2.75) is 19.4 Å². The van der Waals surface area contributed by atoms with Gasteiger partial charge in [-0.05, 0) is 30.9 Å². The zero-order chi connectivity index (χ0) is 15.4. The Bertz CT molecular complexity index is 650. The van der Waals surface area contributed by atoms with Crippen molar-refractivity contribution in [3.8, 4) is 0 Å². The molecule has 0 atom stereocenters. The summed E-state index contributed by atoms with van der Waals surface area (Å²) in [4.78, 5) is 12.0. The molecule has 0 spiro atoms. The Hall–Kier alpha value is -2.21. The highest BCUT2D eigenvalue weighted by molar-refractivity contribution is 6.04. The number of amides is 1. The first-order valence-electron chi connectivity index (χ1n) is 7.38. The molecule has 0 saturated carbocycles. The van der Waals surface area contributed by atoms with Gasteiger partial charge in [0.15, 0.2) is 0 Å². The largest absolute Gasteiger partial charge is 0.381 e. The van der Waals surface area contributed by atoms with E-state index in [1.165, 1.54) is 12.1 Å². The molecule has 1 aromatic carbocycles. The molecule has 1 amide bonds. The van der Waals surface area contributed by atoms with Crippen molar-refractivity contribution in [3.63, 3.8) is 0 Å². The van der Waals surface area contributed by atoms with Crippen LogP contribution in [0, 0.1) is 11.7 Å². The summed E-state index contributed by atoms with van der Waals surface area (Å²) >= 11 is 0. The van der Waals surface area contributed by atoms with E-state index >= 15 is 0 Å². The van der Waals surface area contributed by atoms with E-state index in [1.807, 2.05) is 4.68 Å². The number of benzene rings is 1. The Kier molecular flexibility index (Phi) is 4.48. The van der Waals surface area contributed by atoms with Crippen LogP contribution in [-0.2, 0) is 11.3 Å². The summed E-state index contributed by atoms with van der Waals surface area (Å²) in [5, 5.41) is 6.92. The van der Waals surface area contributed by atoms with E-state index < -0.39 is 11.7 Å². The number of hydrogen-bond donors (Lipinski definition) is 1. The number of nitrogens with zero attached hydrogens (tertiary/aromatic N) is 2. The van der Waals surface area contributed by atoms with Gasteiger partial charge in [-0.2, -0.15) is 5.10 Å². The summed E-state index contributed by atoms with van der Waals surface area (Å²) in [6.45, 7) is 2.39. The molecule has 1 N–H and O–H groups in total. The van der Waals surface area contributed by atoms with Crippen LogP contribution in [0.1, 0.15) is 23.2 Å². The fraction of sp³-hybridized carbons (Fsp3) is 0.375. The van der Waals surface area contributed by atoms with Crippen molar-refractivity contribution in [3.05, 3.63) is 48.0 Å². The molecule has 1 aromatic heterocycles. The summed E-state index contributed by atoms with van der Waals surface area (Å²) in [5.74, 6) is -0.456. The number of anilines is 1. The van der Waals surface area contributed by atoms with E-state index in [0.29, 0.717) is 11.6 Å². The lowest BCUT2D eigenvalue weighted by molar-refractivity contribution is 0.0601. The molecule has 0 aliphatic carbocycles. The first-order chi connectivity index (χ1) is 10.7. The average molecular weight is 303 g/mol. The summed E-state index contributed by atoms with van der Waals surface area (Å²) < 4.78 is 20.7. The fourth-order valence-corrected chi connectivity index (χ4v) is 2.57. The summed E-state index contributed by atoms with van der Waals surface area (Å²) in [5.41, 5.74) is 0.597. The minimum atomic E-state index is -0.533. The maximum absolute atomic E-state index is 13.6. The van der Waals surface area contributed by atoms with Crippen molar-refractivity contribution in [1.29, 1.82) is 0 Å². The van der Waals surface area contributed by atoms with Crippen LogP contribution in [0.2, 0.25) is 0 Å². The van der Waals surface area contributed by atoms with E-state index in [2.05, 4.69) is 10.4 Å². The van der Waals surface area contributed by atoms with E-state index in [0.717, 1.165) is 32.6 Å². The van der Waals surface area contributed by atoms with Crippen LogP contribution in [-0.4, -0.2) is 28.9 Å². The van der Waals surface area contributed by atoms with E-state index in [1.54, 1.807) is 24.5 Å². The molecule has 0 unspecified atom stereocenters. The molecule has 1 fully saturated rings. The number of ether oxygens (including phenoxy) is 1. The molecule has 22 heavy (non-hydrogen) atoms. The Labute approximate surface area is 128 Å². The zero-order valence-corrected chi connectivity index (χ0v) is 12.2. The SMILES string of the molecule is O=C(Nc1cnn(CC2CCOCC2)c1)c1ccccc1F. The third-order valence-corrected chi connectivity index (χ3v) is 3.80. The lowest BCUT2D eigenvalue weighted by Crippen LogP contribution is -2.20. The van der Waals surface area contributed by atoms with Crippen LogP contribution < -0.4 is 5.32 Å². The van der Waals surface area contributed by atoms with Gasteiger partial charge in [-0.25, -0.2) is 4.39 Å². The molecule has 3 rings (SSSR count). The predicted octanol–water partition coefficient (Wildman–Crippen LogP) is 2.70. The zero-order valence-electron chi connectivity index (χ0n) is 12.2. The number of aromatic nitrogens is 2. The summed E-state index contributed by atoms with van der Waals surface area (Å²) in [6.07, 6.45) is 5.40. The Morgan fingerprint density at radius 1 is 1.36 bits per heavy atom. The van der Waals surface area contributed by atoms with Crippen LogP contribution in [0.5, 0.6) is 0 Å². The van der Waals surface area contributed by atoms with Gasteiger partial charge in [0.2, 0.25) is 0 Å². The van der Waals surface area contributed by atoms with E-state index in [4.69, 9.17) is 4.74 Å². The highest BCUT2D eigenvalue weighted by atomic mass is 19.1. The monoisotopic (exact) mass is 303 g/mol. The first-order valence-corrected chi connectivity index (χ1v) is 7.38. The maximum atomic E-state index is 13.6. The normalized spacial score (nSPS) is 15.7. The third kappa shape index (κ3) is 3.51. The predicted molar refractivity (Wildman–Crippen MR) is 80.1 cm³/mol. The van der Waals surface area contributed by atoms with E-state index in [9.17, 15) is 9.18 Å². The second-order valence-corrected chi connectivity index (χ2v) is 5.44. The van der Waals surface area contributed by atoms with Crippen LogP contribution in [0.25, 0.3) is 0 Å². The van der Waals surface area contributed by atoms with Crippen LogP contribution in [0.4, 0.5) is 10.1 Å². The van der Waals surface area contributed by atoms with Gasteiger partial charge in [-0.3, -0.25) is 9.48 Å². The highest BCUT2D eigenvalue weighted by Gasteiger charge is 2.16. The first kappa shape index (κ1) is 14.7. The van der Waals surface area contributed by atoms with Gasteiger partial charge in [0.05, 0.1) is 17.4 Å². The second-order valence-electron chi connectivity index (χ2n) is 5.44. The van der Waals surface area contributed by atoms with Gasteiger partial charge in [-0.15, -0.1) is 0 Å². The second kappa shape index (κ2) is 6.70. The Balaban J connectivity index is 1.61. The standard InChI is InChI=1S/C16H18FN3O2/c17-15-4-2-1-3-14(15)16(21)19-13-9-18-20(11-13)10-12-5-7-22-8-6-12/h1-4,9,11-12H,5-8,10H2,(H,19,21). The molecule has 6 heteroatoms. The van der Waals surface area contributed by atoms with Gasteiger partial charge >= 0.3 is 0 Å². The molecule has 2 aromatic rings. The number of hydrogen-bond acceptors (Lipinski definition) is 3. The van der Waals surface area contributed by atoms with Gasteiger partial charge in [-0.1, -0.05) is 12.1 Å². The van der Waals surface area contributed by atoms with Crippen molar-refractivity contribution in [2.75, 3.05) is 18.5 Å². The quantitative estimate of drug-likeness (QED) is 0.945. The third-order valence-electron chi connectivity index (χ3n) is 3.80. The van der Waals surface area contributed by atoms with Crippen LogP contribution in [0.15, 0.2) is 36.7 Å². The summed E-state index contributed by atoms with van der Waals surface area (Å²) in [6, 6.07) is 5.91. The summed E-state index contributed by atoms with van der Waals surface area (Å²) in [7, 11) is 0. The molecule has 1 aliphatic rings. The van der Waals surface area contributed by atoms with Crippen molar-refractivity contribution < 1.29 is 13.9 Å². The maximum Gasteiger partial charge on any atom is 0.258 e. The number of carbonyl (C=O) groups excluding carboxylic acids is 1. The Morgan fingerprint density at radius 2 is 2.14 bits per heavy atom. The molecule has 1 saturated heterocycles. The fourth-order valence-electron chi connectivity index (χ4n) is 2.57. The van der Waals surface area contributed by atoms with E-state index in [-0.39, 0.29) is 5.56 Å². The average Bonchev–Trinajstić information content (AvgIpc) is 2.95. The number of carbonyl (C=O) groups is 1. The van der Waals surface area contributed by atoms with Crippen LogP contribution in [0.3, 0.4) is 0 Å². The molecule has 0 radical (unpaired) electrons. The molecular formula is C16H18FN3O2. The van der Waals surface area contributed by atoms with Gasteiger partial charge in [0.1, 0.15) is 5.82 Å². The number of halogens is 1. The molecule has 0 bridgehead atoms. The highest BCUT2D eigenvalue weighted by Crippen LogP contribution is 2.18. The smallest absolute Gasteiger partial charge is 0.258 e. The lowest BCUT2D eigenvalue weighted by atomic mass is 10.0. The lowest BCUT2D eigenvalue weighted by Gasteiger charge is -2.21. The van der Waals surface area contributed by atoms with Gasteiger partial charge in [0.25, 0.3) is 5.91 Å². The van der Waals surface area contributed by atoms with Crippen molar-refractivity contribution in [1.82, 2.24) is 9.78 Å². The Morgan fingerprint density at radius 3 is 2.91 bits per heavy atom. The van der Waals surface area contributed by atoms with Gasteiger partial charge in [0, 0.05) is 26.0 Å². The molecule has 116 valence electrons. The molecular weight excluding hydrogens is 285 g/mol. The molecule has 5 nitrogen and oxygen atoms in total. The molecule has 2 heterocycles. The minimum absolute atomic E-state index is 0.0275. The van der Waals surface area contributed by atoms with Crippen molar-refractivity contribution >= 4 is 11.6 Å². The van der Waals surface area contributed by atoms with Gasteiger partial charge < -0.3 is 10.1 Å². The molecule has 1 aliphatic heterocycles. The van der Waals surface area contributed by atoms with Crippen LogP contribution >= 0.6 is 0 Å².